The molecule has 0 atom stereocenters. The molecule has 0 saturated heterocycles. The summed E-state index contributed by atoms with van der Waals surface area (Å²) >= 11 is 1.31. The fourth-order valence-corrected chi connectivity index (χ4v) is 6.48. The van der Waals surface area contributed by atoms with Crippen molar-refractivity contribution in [1.82, 2.24) is 5.32 Å². The van der Waals surface area contributed by atoms with Gasteiger partial charge in [0.1, 0.15) is 10.8 Å². The summed E-state index contributed by atoms with van der Waals surface area (Å²) < 4.78 is 37.7. The van der Waals surface area contributed by atoms with E-state index in [0.717, 1.165) is 43.2 Å². The van der Waals surface area contributed by atoms with Gasteiger partial charge in [-0.1, -0.05) is 12.5 Å². The lowest BCUT2D eigenvalue weighted by Crippen LogP contribution is -2.31. The van der Waals surface area contributed by atoms with Gasteiger partial charge in [-0.15, -0.1) is 11.3 Å². The molecule has 1 aliphatic carbocycles. The lowest BCUT2D eigenvalue weighted by atomic mass is 10.0. The molecule has 3 N–H and O–H groups in total. The quantitative estimate of drug-likeness (QED) is 0.361. The molecule has 0 fully saturated rings. The number of nitrogens with one attached hydrogen (secondary N) is 3. The van der Waals surface area contributed by atoms with Crippen LogP contribution in [0, 0.1) is 0 Å². The summed E-state index contributed by atoms with van der Waals surface area (Å²) in [6.07, 6.45) is 3.44. The van der Waals surface area contributed by atoms with Crippen LogP contribution in [0.15, 0.2) is 53.4 Å². The predicted molar refractivity (Wildman–Crippen MR) is 144 cm³/mol. The monoisotopic (exact) mass is 557 g/mol. The Bertz CT molecular complexity index is 1460. The number of ether oxygens (including phenoxy) is 2. The highest BCUT2D eigenvalue weighted by atomic mass is 32.2. The van der Waals surface area contributed by atoms with Crippen LogP contribution in [-0.4, -0.2) is 40.5 Å². The molecule has 0 spiro atoms. The molecule has 0 radical (unpaired) electrons. The lowest BCUT2D eigenvalue weighted by molar-refractivity contribution is 0.0937. The summed E-state index contributed by atoms with van der Waals surface area (Å²) in [5.74, 6) is -0.653. The number of methoxy groups -OCH3 is 2. The standard InChI is InChI=1S/C26H27N3O7S2/c1-35-18-11-13-19(14-12-18)38(33,34)29-17-8-6-7-16(15-17)23(30)27-25-22(24(31)28-26(32)36-2)20-9-4-3-5-10-21(20)37-25/h6-8,11-15,29H,3-5,9-10H2,1-2H3,(H,27,30)(H,28,31,32). The number of benzene rings is 2. The SMILES string of the molecule is COC(=O)NC(=O)c1c(NC(=O)c2cccc(NS(=O)(=O)c3ccc(OC)cc3)c2)sc2c1CCCCC2. The van der Waals surface area contributed by atoms with Crippen molar-refractivity contribution in [2.24, 2.45) is 0 Å². The number of hydrogen-bond donors (Lipinski definition) is 3. The van der Waals surface area contributed by atoms with Gasteiger partial charge in [-0.3, -0.25) is 19.6 Å². The first kappa shape index (κ1) is 27.1. The topological polar surface area (TPSA) is 140 Å². The zero-order chi connectivity index (χ0) is 27.3. The highest BCUT2D eigenvalue weighted by Gasteiger charge is 2.27. The molecule has 0 bridgehead atoms. The number of rotatable bonds is 7. The number of amides is 3. The number of imide groups is 1. The van der Waals surface area contributed by atoms with E-state index in [1.54, 1.807) is 6.07 Å². The van der Waals surface area contributed by atoms with E-state index in [-0.39, 0.29) is 21.7 Å². The molecule has 1 aliphatic rings. The highest BCUT2D eigenvalue weighted by Crippen LogP contribution is 2.38. The van der Waals surface area contributed by atoms with Crippen molar-refractivity contribution in [2.75, 3.05) is 24.3 Å². The second kappa shape index (κ2) is 11.7. The minimum Gasteiger partial charge on any atom is -0.497 e. The van der Waals surface area contributed by atoms with Crippen LogP contribution in [0.2, 0.25) is 0 Å². The Labute approximate surface area is 224 Å². The van der Waals surface area contributed by atoms with Crippen LogP contribution >= 0.6 is 11.3 Å². The number of carbonyl (C=O) groups excluding carboxylic acids is 3. The van der Waals surface area contributed by atoms with Gasteiger partial charge in [0.05, 0.1) is 24.7 Å². The second-order valence-electron chi connectivity index (χ2n) is 8.53. The third-order valence-corrected chi connectivity index (χ3v) is 8.63. The van der Waals surface area contributed by atoms with Gasteiger partial charge in [-0.2, -0.15) is 0 Å². The molecule has 1 heterocycles. The molecule has 38 heavy (non-hydrogen) atoms. The fourth-order valence-electron chi connectivity index (χ4n) is 4.15. The van der Waals surface area contributed by atoms with Gasteiger partial charge in [0, 0.05) is 16.1 Å². The molecule has 0 saturated carbocycles. The Balaban J connectivity index is 1.57. The van der Waals surface area contributed by atoms with Gasteiger partial charge >= 0.3 is 6.09 Å². The Kier molecular flexibility index (Phi) is 8.32. The van der Waals surface area contributed by atoms with Gasteiger partial charge in [-0.25, -0.2) is 13.2 Å². The number of fused-ring (bicyclic) bond motifs is 1. The molecule has 4 rings (SSSR count). The largest absolute Gasteiger partial charge is 0.497 e. The Morgan fingerprint density at radius 1 is 0.921 bits per heavy atom. The first-order valence-electron chi connectivity index (χ1n) is 11.8. The molecule has 3 amide bonds. The zero-order valence-corrected chi connectivity index (χ0v) is 22.5. The van der Waals surface area contributed by atoms with Crippen molar-refractivity contribution in [3.8, 4) is 5.75 Å². The molecule has 10 nitrogen and oxygen atoms in total. The smallest absolute Gasteiger partial charge is 0.413 e. The molecule has 2 aromatic carbocycles. The number of thiophene rings is 1. The van der Waals surface area contributed by atoms with Crippen molar-refractivity contribution in [1.29, 1.82) is 0 Å². The molecule has 200 valence electrons. The van der Waals surface area contributed by atoms with Crippen LogP contribution in [-0.2, 0) is 27.6 Å². The van der Waals surface area contributed by atoms with E-state index in [2.05, 4.69) is 20.1 Å². The number of hydrogen-bond acceptors (Lipinski definition) is 8. The van der Waals surface area contributed by atoms with Crippen molar-refractivity contribution < 1.29 is 32.3 Å². The average Bonchev–Trinajstić information content (AvgIpc) is 3.08. The molecular weight excluding hydrogens is 530 g/mol. The van der Waals surface area contributed by atoms with E-state index in [1.165, 1.54) is 60.9 Å². The number of carbonyl (C=O) groups is 3. The van der Waals surface area contributed by atoms with E-state index in [0.29, 0.717) is 17.2 Å². The Morgan fingerprint density at radius 3 is 2.37 bits per heavy atom. The summed E-state index contributed by atoms with van der Waals surface area (Å²) in [5, 5.41) is 5.30. The van der Waals surface area contributed by atoms with Crippen LogP contribution in [0.1, 0.15) is 50.4 Å². The molecule has 12 heteroatoms. The van der Waals surface area contributed by atoms with Crippen molar-refractivity contribution in [3.63, 3.8) is 0 Å². The first-order valence-corrected chi connectivity index (χ1v) is 14.1. The van der Waals surface area contributed by atoms with E-state index < -0.39 is 27.9 Å². The minimum absolute atomic E-state index is 0.0366. The fraction of sp³-hybridized carbons (Fsp3) is 0.269. The van der Waals surface area contributed by atoms with E-state index in [1.807, 2.05) is 0 Å². The zero-order valence-electron chi connectivity index (χ0n) is 20.8. The second-order valence-corrected chi connectivity index (χ2v) is 11.3. The highest BCUT2D eigenvalue weighted by molar-refractivity contribution is 7.92. The van der Waals surface area contributed by atoms with Crippen LogP contribution in [0.5, 0.6) is 5.75 Å². The maximum atomic E-state index is 13.2. The summed E-state index contributed by atoms with van der Waals surface area (Å²) in [6, 6.07) is 11.9. The third kappa shape index (κ3) is 6.14. The summed E-state index contributed by atoms with van der Waals surface area (Å²) in [7, 11) is -1.26. The Hall–Kier alpha value is -3.90. The number of sulfonamides is 1. The summed E-state index contributed by atoms with van der Waals surface area (Å²) in [6.45, 7) is 0. The van der Waals surface area contributed by atoms with E-state index in [4.69, 9.17) is 4.74 Å². The van der Waals surface area contributed by atoms with Gasteiger partial charge < -0.3 is 14.8 Å². The van der Waals surface area contributed by atoms with Gasteiger partial charge in [0.25, 0.3) is 21.8 Å². The maximum absolute atomic E-state index is 13.2. The number of anilines is 2. The lowest BCUT2D eigenvalue weighted by Gasteiger charge is -2.11. The first-order chi connectivity index (χ1) is 18.2. The van der Waals surface area contributed by atoms with Crippen molar-refractivity contribution in [3.05, 3.63) is 70.1 Å². The molecular formula is C26H27N3O7S2. The molecule has 1 aromatic heterocycles. The van der Waals surface area contributed by atoms with Crippen LogP contribution in [0.3, 0.4) is 0 Å². The maximum Gasteiger partial charge on any atom is 0.413 e. The molecule has 0 unspecified atom stereocenters. The molecule has 3 aromatic rings. The number of alkyl carbamates (subject to hydrolysis) is 1. The third-order valence-electron chi connectivity index (χ3n) is 6.02. The summed E-state index contributed by atoms with van der Waals surface area (Å²) in [4.78, 5) is 38.9. The van der Waals surface area contributed by atoms with Gasteiger partial charge in [0.15, 0.2) is 0 Å². The van der Waals surface area contributed by atoms with Gasteiger partial charge in [0.2, 0.25) is 0 Å². The van der Waals surface area contributed by atoms with Crippen LogP contribution in [0.4, 0.5) is 15.5 Å². The normalized spacial score (nSPS) is 13.0. The predicted octanol–water partition coefficient (Wildman–Crippen LogP) is 4.57. The van der Waals surface area contributed by atoms with Crippen LogP contribution < -0.4 is 20.1 Å². The van der Waals surface area contributed by atoms with E-state index >= 15 is 0 Å². The van der Waals surface area contributed by atoms with Crippen molar-refractivity contribution in [2.45, 2.75) is 37.0 Å². The summed E-state index contributed by atoms with van der Waals surface area (Å²) in [5.41, 5.74) is 1.45. The van der Waals surface area contributed by atoms with Crippen molar-refractivity contribution >= 4 is 50.0 Å². The van der Waals surface area contributed by atoms with Gasteiger partial charge in [-0.05, 0) is 73.7 Å². The number of aryl methyl sites for hydroxylation is 1. The molecule has 0 aliphatic heterocycles. The average molecular weight is 558 g/mol. The van der Waals surface area contributed by atoms with E-state index in [9.17, 15) is 22.8 Å². The van der Waals surface area contributed by atoms with Crippen LogP contribution in [0.25, 0.3) is 0 Å². The Morgan fingerprint density at radius 2 is 1.66 bits per heavy atom. The minimum atomic E-state index is -3.91.